The normalized spacial score (nSPS) is 20.9. The molecule has 1 heterocycles. The van der Waals surface area contributed by atoms with Crippen LogP contribution >= 0.6 is 0 Å². The summed E-state index contributed by atoms with van der Waals surface area (Å²) >= 11 is 0. The molecular weight excluding hydrogens is 300 g/mol. The Labute approximate surface area is 132 Å². The first-order valence-corrected chi connectivity index (χ1v) is 6.96. The van der Waals surface area contributed by atoms with Gasteiger partial charge < -0.3 is 9.90 Å². The lowest BCUT2D eigenvalue weighted by Gasteiger charge is -2.33. The van der Waals surface area contributed by atoms with E-state index in [1.165, 1.54) is 31.2 Å². The average Bonchev–Trinajstić information content (AvgIpc) is 2.45. The molecule has 0 spiro atoms. The largest absolute Gasteiger partial charge is 0.545 e. The number of nitro groups is 1. The van der Waals surface area contributed by atoms with Gasteiger partial charge in [-0.15, -0.1) is 0 Å². The second-order valence-corrected chi connectivity index (χ2v) is 5.45. The number of aliphatic carboxylic acids is 1. The molecule has 0 saturated heterocycles. The van der Waals surface area contributed by atoms with Crippen LogP contribution in [0.1, 0.15) is 32.3 Å². The molecule has 7 heteroatoms. The highest BCUT2D eigenvalue weighted by molar-refractivity contribution is 6.08. The van der Waals surface area contributed by atoms with E-state index in [2.05, 4.69) is 4.99 Å². The third kappa shape index (κ3) is 3.03. The van der Waals surface area contributed by atoms with Crippen LogP contribution in [0.2, 0.25) is 0 Å². The number of benzene rings is 1. The molecule has 120 valence electrons. The fraction of sp³-hybridized carbons (Fsp3) is 0.312. The highest BCUT2D eigenvalue weighted by Gasteiger charge is 2.36. The Bertz CT molecular complexity index is 746. The highest BCUT2D eigenvalue weighted by atomic mass is 16.6. The summed E-state index contributed by atoms with van der Waals surface area (Å²) in [4.78, 5) is 37.9. The first-order valence-electron chi connectivity index (χ1n) is 6.96. The molecule has 0 N–H and O–H groups in total. The van der Waals surface area contributed by atoms with Crippen molar-refractivity contribution in [2.24, 2.45) is 10.9 Å². The zero-order valence-corrected chi connectivity index (χ0v) is 12.9. The standard InChI is InChI=1S/C16H16N2O5/c1-8-13(10(3)19)15(14(16(20)21)9(2)17-8)11-4-6-12(7-5-11)18(22)23/h4-7,13,15H,1-3H3,(H,20,21)/p-1/t13?,15-/m0/s1. The summed E-state index contributed by atoms with van der Waals surface area (Å²) in [6.45, 7) is 4.58. The fourth-order valence-corrected chi connectivity index (χ4v) is 2.99. The maximum absolute atomic E-state index is 12.0. The van der Waals surface area contributed by atoms with Crippen LogP contribution in [0.3, 0.4) is 0 Å². The molecule has 1 aromatic carbocycles. The van der Waals surface area contributed by atoms with Gasteiger partial charge in [0.15, 0.2) is 0 Å². The number of rotatable bonds is 4. The quantitative estimate of drug-likeness (QED) is 0.615. The van der Waals surface area contributed by atoms with Crippen LogP contribution in [0.15, 0.2) is 40.5 Å². The topological polar surface area (TPSA) is 113 Å². The van der Waals surface area contributed by atoms with Crippen LogP contribution in [0, 0.1) is 16.0 Å². The maximum Gasteiger partial charge on any atom is 0.269 e. The summed E-state index contributed by atoms with van der Waals surface area (Å²) in [5.41, 5.74) is 1.13. The van der Waals surface area contributed by atoms with Crippen LogP contribution in [0.4, 0.5) is 5.69 Å². The van der Waals surface area contributed by atoms with Gasteiger partial charge in [-0.1, -0.05) is 12.1 Å². The molecule has 0 radical (unpaired) electrons. The molecule has 1 aromatic rings. The van der Waals surface area contributed by atoms with Gasteiger partial charge in [0.05, 0.1) is 16.8 Å². The smallest absolute Gasteiger partial charge is 0.269 e. The molecule has 0 aromatic heterocycles. The zero-order valence-electron chi connectivity index (χ0n) is 12.9. The Morgan fingerprint density at radius 3 is 2.17 bits per heavy atom. The van der Waals surface area contributed by atoms with E-state index in [4.69, 9.17) is 0 Å². The molecule has 2 rings (SSSR count). The third-order valence-electron chi connectivity index (χ3n) is 3.95. The zero-order chi connectivity index (χ0) is 17.3. The van der Waals surface area contributed by atoms with Crippen molar-refractivity contribution in [3.8, 4) is 0 Å². The molecule has 23 heavy (non-hydrogen) atoms. The Morgan fingerprint density at radius 1 is 1.17 bits per heavy atom. The monoisotopic (exact) mass is 315 g/mol. The van der Waals surface area contributed by atoms with E-state index in [1.807, 2.05) is 0 Å². The number of hydrogen-bond donors (Lipinski definition) is 0. The van der Waals surface area contributed by atoms with E-state index in [9.17, 15) is 24.8 Å². The number of carboxylic acids is 1. The summed E-state index contributed by atoms with van der Waals surface area (Å²) in [7, 11) is 0. The molecule has 0 saturated carbocycles. The third-order valence-corrected chi connectivity index (χ3v) is 3.95. The number of carbonyl (C=O) groups is 2. The number of nitrogens with zero attached hydrogens (tertiary/aromatic N) is 2. The summed E-state index contributed by atoms with van der Waals surface area (Å²) in [5.74, 6) is -3.11. The van der Waals surface area contributed by atoms with Crippen LogP contribution < -0.4 is 5.11 Å². The van der Waals surface area contributed by atoms with Gasteiger partial charge in [0.25, 0.3) is 5.69 Å². The molecule has 7 nitrogen and oxygen atoms in total. The predicted molar refractivity (Wildman–Crippen MR) is 80.8 cm³/mol. The second kappa shape index (κ2) is 6.12. The minimum absolute atomic E-state index is 0.0651. The lowest BCUT2D eigenvalue weighted by Crippen LogP contribution is -2.38. The van der Waals surface area contributed by atoms with Crippen LogP contribution in [0.5, 0.6) is 0 Å². The van der Waals surface area contributed by atoms with E-state index in [1.54, 1.807) is 13.8 Å². The van der Waals surface area contributed by atoms with Gasteiger partial charge in [-0.25, -0.2) is 0 Å². The van der Waals surface area contributed by atoms with Gasteiger partial charge in [0, 0.05) is 35.0 Å². The Balaban J connectivity index is 2.61. The molecule has 0 fully saturated rings. The number of Topliss-reactive ketones (excluding diaryl/α,β-unsaturated/α-hetero) is 1. The van der Waals surface area contributed by atoms with E-state index < -0.39 is 22.7 Å². The lowest BCUT2D eigenvalue weighted by molar-refractivity contribution is -0.384. The molecular formula is C16H15N2O5-. The number of hydrogen-bond acceptors (Lipinski definition) is 6. The van der Waals surface area contributed by atoms with Crippen molar-refractivity contribution in [2.45, 2.75) is 26.7 Å². The van der Waals surface area contributed by atoms with Crippen LogP contribution in [-0.2, 0) is 9.59 Å². The highest BCUT2D eigenvalue weighted by Crippen LogP contribution is 2.39. The lowest BCUT2D eigenvalue weighted by atomic mass is 9.74. The molecule has 1 aliphatic rings. The molecule has 0 aliphatic carbocycles. The van der Waals surface area contributed by atoms with Crippen molar-refractivity contribution < 1.29 is 19.6 Å². The summed E-state index contributed by atoms with van der Waals surface area (Å²) in [5, 5.41) is 22.3. The minimum Gasteiger partial charge on any atom is -0.545 e. The summed E-state index contributed by atoms with van der Waals surface area (Å²) in [6.07, 6.45) is 0. The van der Waals surface area contributed by atoms with Crippen LogP contribution in [-0.4, -0.2) is 22.4 Å². The number of carboxylic acid groups (broad SMARTS) is 1. The molecule has 1 unspecified atom stereocenters. The number of non-ortho nitro benzene ring substituents is 1. The minimum atomic E-state index is -1.40. The molecule has 2 atom stereocenters. The summed E-state index contributed by atoms with van der Waals surface area (Å²) < 4.78 is 0. The van der Waals surface area contributed by atoms with Gasteiger partial charge in [-0.3, -0.25) is 19.9 Å². The van der Waals surface area contributed by atoms with Gasteiger partial charge in [0.1, 0.15) is 5.78 Å². The molecule has 1 aliphatic heterocycles. The fourth-order valence-electron chi connectivity index (χ4n) is 2.99. The Morgan fingerprint density at radius 2 is 1.74 bits per heavy atom. The van der Waals surface area contributed by atoms with Gasteiger partial charge >= 0.3 is 0 Å². The Kier molecular flexibility index (Phi) is 4.40. The maximum atomic E-state index is 12.0. The van der Waals surface area contributed by atoms with Gasteiger partial charge in [-0.2, -0.15) is 0 Å². The van der Waals surface area contributed by atoms with Crippen molar-refractivity contribution >= 4 is 23.2 Å². The second-order valence-electron chi connectivity index (χ2n) is 5.45. The SMILES string of the molecule is CC(=O)C1C(C)=NC(C)=C(C(=O)[O-])[C@H]1c1ccc([N+](=O)[O-])cc1. The van der Waals surface area contributed by atoms with Gasteiger partial charge in [-0.05, 0) is 26.3 Å². The number of carbonyl (C=O) groups excluding carboxylic acids is 2. The predicted octanol–water partition coefficient (Wildman–Crippen LogP) is 1.38. The van der Waals surface area contributed by atoms with Crippen molar-refractivity contribution in [2.75, 3.05) is 0 Å². The molecule has 0 bridgehead atoms. The van der Waals surface area contributed by atoms with Gasteiger partial charge in [0.2, 0.25) is 0 Å². The first kappa shape index (κ1) is 16.5. The average molecular weight is 315 g/mol. The van der Waals surface area contributed by atoms with Crippen molar-refractivity contribution in [3.05, 3.63) is 51.2 Å². The van der Waals surface area contributed by atoms with E-state index in [-0.39, 0.29) is 22.7 Å². The summed E-state index contributed by atoms with van der Waals surface area (Å²) in [6, 6.07) is 5.51. The van der Waals surface area contributed by atoms with Crippen molar-refractivity contribution in [1.29, 1.82) is 0 Å². The number of ketones is 1. The van der Waals surface area contributed by atoms with Crippen LogP contribution in [0.25, 0.3) is 0 Å². The van der Waals surface area contributed by atoms with Crippen molar-refractivity contribution in [1.82, 2.24) is 0 Å². The number of allylic oxidation sites excluding steroid dienone is 1. The Hall–Kier alpha value is -2.83. The number of aliphatic imine (C=N–C) groups is 1. The van der Waals surface area contributed by atoms with E-state index in [0.717, 1.165) is 0 Å². The first-order chi connectivity index (χ1) is 10.7. The van der Waals surface area contributed by atoms with E-state index in [0.29, 0.717) is 11.3 Å². The van der Waals surface area contributed by atoms with E-state index >= 15 is 0 Å². The number of nitro benzene ring substituents is 1. The van der Waals surface area contributed by atoms with Crippen molar-refractivity contribution in [3.63, 3.8) is 0 Å². The molecule has 0 amide bonds.